The van der Waals surface area contributed by atoms with Gasteiger partial charge in [0.15, 0.2) is 0 Å². The second-order valence-corrected chi connectivity index (χ2v) is 3.87. The van der Waals surface area contributed by atoms with Crippen LogP contribution in [-0.4, -0.2) is 24.4 Å². The number of nitrogens with zero attached hydrogens (tertiary/aromatic N) is 1. The number of carbonyl (C=O) groups is 1. The molecule has 3 heteroatoms. The average molecular weight is 268 g/mol. The van der Waals surface area contributed by atoms with Gasteiger partial charge in [-0.3, -0.25) is 4.79 Å². The highest BCUT2D eigenvalue weighted by Crippen LogP contribution is 2.09. The Morgan fingerprint density at radius 3 is 2.53 bits per heavy atom. The molecular formula is C12H14BrNO. The van der Waals surface area contributed by atoms with Gasteiger partial charge in [0.05, 0.1) is 0 Å². The summed E-state index contributed by atoms with van der Waals surface area (Å²) in [6.45, 7) is 4.17. The Kier molecular flexibility index (Phi) is 4.56. The van der Waals surface area contributed by atoms with Crippen LogP contribution in [0.1, 0.15) is 15.9 Å². The molecule has 0 bridgehead atoms. The molecule has 0 aliphatic carbocycles. The second-order valence-electron chi connectivity index (χ2n) is 3.30. The molecule has 0 radical (unpaired) electrons. The highest BCUT2D eigenvalue weighted by molar-refractivity contribution is 9.08. The molecule has 0 atom stereocenters. The van der Waals surface area contributed by atoms with Gasteiger partial charge in [-0.25, -0.2) is 0 Å². The molecule has 2 nitrogen and oxygen atoms in total. The predicted octanol–water partition coefficient (Wildman–Crippen LogP) is 2.84. The Labute approximate surface area is 98.7 Å². The molecule has 0 saturated carbocycles. The lowest BCUT2D eigenvalue weighted by molar-refractivity contribution is 0.0810. The fourth-order valence-corrected chi connectivity index (χ4v) is 1.61. The van der Waals surface area contributed by atoms with Gasteiger partial charge in [-0.1, -0.05) is 34.1 Å². The summed E-state index contributed by atoms with van der Waals surface area (Å²) in [6, 6.07) is 7.59. The van der Waals surface area contributed by atoms with Gasteiger partial charge in [0, 0.05) is 24.5 Å². The van der Waals surface area contributed by atoms with E-state index in [1.807, 2.05) is 24.3 Å². The van der Waals surface area contributed by atoms with Crippen molar-refractivity contribution < 1.29 is 4.79 Å². The van der Waals surface area contributed by atoms with Crippen LogP contribution in [0, 0.1) is 0 Å². The van der Waals surface area contributed by atoms with Crippen molar-refractivity contribution in [2.45, 2.75) is 5.33 Å². The summed E-state index contributed by atoms with van der Waals surface area (Å²) in [7, 11) is 1.77. The molecule has 80 valence electrons. The van der Waals surface area contributed by atoms with Gasteiger partial charge in [0.1, 0.15) is 0 Å². The topological polar surface area (TPSA) is 20.3 Å². The Balaban J connectivity index is 2.77. The van der Waals surface area contributed by atoms with Crippen LogP contribution < -0.4 is 0 Å². The van der Waals surface area contributed by atoms with E-state index < -0.39 is 0 Å². The van der Waals surface area contributed by atoms with Gasteiger partial charge in [0.2, 0.25) is 0 Å². The van der Waals surface area contributed by atoms with Crippen LogP contribution in [0.25, 0.3) is 0 Å². The van der Waals surface area contributed by atoms with E-state index in [0.29, 0.717) is 12.1 Å². The Morgan fingerprint density at radius 1 is 1.47 bits per heavy atom. The van der Waals surface area contributed by atoms with Gasteiger partial charge in [-0.05, 0) is 17.7 Å². The lowest BCUT2D eigenvalue weighted by Gasteiger charge is -2.14. The maximum atomic E-state index is 11.8. The molecule has 0 aliphatic rings. The third-order valence-corrected chi connectivity index (χ3v) is 2.75. The van der Waals surface area contributed by atoms with Crippen LogP contribution in [0.4, 0.5) is 0 Å². The number of hydrogen-bond acceptors (Lipinski definition) is 1. The van der Waals surface area contributed by atoms with Gasteiger partial charge in [-0.2, -0.15) is 0 Å². The molecular weight excluding hydrogens is 254 g/mol. The summed E-state index contributed by atoms with van der Waals surface area (Å²) in [5.74, 6) is 0.0241. The molecule has 15 heavy (non-hydrogen) atoms. The van der Waals surface area contributed by atoms with Crippen molar-refractivity contribution in [1.29, 1.82) is 0 Å². The number of benzene rings is 1. The smallest absolute Gasteiger partial charge is 0.253 e. The number of halogens is 1. The summed E-state index contributed by atoms with van der Waals surface area (Å²) in [5, 5.41) is 0.809. The molecule has 1 amide bonds. The van der Waals surface area contributed by atoms with Crippen LogP contribution in [-0.2, 0) is 5.33 Å². The molecule has 0 aliphatic heterocycles. The number of likely N-dealkylation sites (N-methyl/N-ethyl adjacent to an activating group) is 1. The normalized spacial score (nSPS) is 9.73. The lowest BCUT2D eigenvalue weighted by Crippen LogP contribution is -2.26. The molecule has 0 aromatic heterocycles. The summed E-state index contributed by atoms with van der Waals surface area (Å²) in [4.78, 5) is 13.4. The van der Waals surface area contributed by atoms with Gasteiger partial charge in [-0.15, -0.1) is 6.58 Å². The van der Waals surface area contributed by atoms with Crippen molar-refractivity contribution in [3.63, 3.8) is 0 Å². The van der Waals surface area contributed by atoms with Crippen molar-refractivity contribution >= 4 is 21.8 Å². The van der Waals surface area contributed by atoms with E-state index in [4.69, 9.17) is 0 Å². The lowest BCUT2D eigenvalue weighted by atomic mass is 10.1. The zero-order valence-corrected chi connectivity index (χ0v) is 10.3. The molecule has 1 rings (SSSR count). The molecule has 0 N–H and O–H groups in total. The number of carbonyl (C=O) groups excluding carboxylic acids is 1. The Hall–Kier alpha value is -1.09. The standard InChI is InChI=1S/C12H14BrNO/c1-3-8-14(2)12(15)11-6-4-10(9-13)5-7-11/h3-7H,1,8-9H2,2H3. The van der Waals surface area contributed by atoms with E-state index in [0.717, 1.165) is 10.9 Å². The Bertz CT molecular complexity index is 345. The van der Waals surface area contributed by atoms with Crippen molar-refractivity contribution in [2.75, 3.05) is 13.6 Å². The minimum absolute atomic E-state index is 0.0241. The van der Waals surface area contributed by atoms with Gasteiger partial charge < -0.3 is 4.90 Å². The van der Waals surface area contributed by atoms with Crippen molar-refractivity contribution in [2.24, 2.45) is 0 Å². The summed E-state index contributed by atoms with van der Waals surface area (Å²) in [5.41, 5.74) is 1.88. The van der Waals surface area contributed by atoms with E-state index in [9.17, 15) is 4.79 Å². The monoisotopic (exact) mass is 267 g/mol. The fourth-order valence-electron chi connectivity index (χ4n) is 1.23. The minimum atomic E-state index is 0.0241. The van der Waals surface area contributed by atoms with E-state index in [-0.39, 0.29) is 5.91 Å². The van der Waals surface area contributed by atoms with E-state index in [1.54, 1.807) is 18.0 Å². The van der Waals surface area contributed by atoms with E-state index in [1.165, 1.54) is 0 Å². The fraction of sp³-hybridized carbons (Fsp3) is 0.250. The number of alkyl halides is 1. The molecule has 0 saturated heterocycles. The zero-order chi connectivity index (χ0) is 11.3. The van der Waals surface area contributed by atoms with Crippen LogP contribution >= 0.6 is 15.9 Å². The van der Waals surface area contributed by atoms with Crippen molar-refractivity contribution in [3.05, 3.63) is 48.0 Å². The SMILES string of the molecule is C=CCN(C)C(=O)c1ccc(CBr)cc1. The predicted molar refractivity (Wildman–Crippen MR) is 66.2 cm³/mol. The maximum absolute atomic E-state index is 11.8. The first-order chi connectivity index (χ1) is 7.19. The molecule has 1 aromatic rings. The largest absolute Gasteiger partial charge is 0.338 e. The quantitative estimate of drug-likeness (QED) is 0.607. The molecule has 0 fully saturated rings. The average Bonchev–Trinajstić information content (AvgIpc) is 2.28. The number of rotatable bonds is 4. The summed E-state index contributed by atoms with van der Waals surface area (Å²) in [6.07, 6.45) is 1.71. The van der Waals surface area contributed by atoms with Crippen LogP contribution in [0.2, 0.25) is 0 Å². The first-order valence-corrected chi connectivity index (χ1v) is 5.82. The first kappa shape index (κ1) is 12.0. The van der Waals surface area contributed by atoms with E-state index in [2.05, 4.69) is 22.5 Å². The van der Waals surface area contributed by atoms with Crippen molar-refractivity contribution in [3.8, 4) is 0 Å². The second kappa shape index (κ2) is 5.71. The highest BCUT2D eigenvalue weighted by atomic mass is 79.9. The molecule has 0 spiro atoms. The number of amides is 1. The Morgan fingerprint density at radius 2 is 2.07 bits per heavy atom. The highest BCUT2D eigenvalue weighted by Gasteiger charge is 2.09. The van der Waals surface area contributed by atoms with Crippen LogP contribution in [0.3, 0.4) is 0 Å². The third-order valence-electron chi connectivity index (χ3n) is 2.10. The minimum Gasteiger partial charge on any atom is -0.338 e. The molecule has 1 aromatic carbocycles. The first-order valence-electron chi connectivity index (χ1n) is 4.70. The van der Waals surface area contributed by atoms with Crippen LogP contribution in [0.5, 0.6) is 0 Å². The van der Waals surface area contributed by atoms with Gasteiger partial charge >= 0.3 is 0 Å². The molecule has 0 unspecified atom stereocenters. The third kappa shape index (κ3) is 3.20. The summed E-state index contributed by atoms with van der Waals surface area (Å²) >= 11 is 3.36. The van der Waals surface area contributed by atoms with Gasteiger partial charge in [0.25, 0.3) is 5.91 Å². The van der Waals surface area contributed by atoms with Crippen molar-refractivity contribution in [1.82, 2.24) is 4.90 Å². The molecule has 0 heterocycles. The van der Waals surface area contributed by atoms with Crippen LogP contribution in [0.15, 0.2) is 36.9 Å². The zero-order valence-electron chi connectivity index (χ0n) is 8.74. The van der Waals surface area contributed by atoms with E-state index >= 15 is 0 Å². The summed E-state index contributed by atoms with van der Waals surface area (Å²) < 4.78 is 0. The number of hydrogen-bond donors (Lipinski definition) is 0. The maximum Gasteiger partial charge on any atom is 0.253 e.